The molecule has 0 spiro atoms. The maximum Gasteiger partial charge on any atom is 0.0534 e. The van der Waals surface area contributed by atoms with Crippen LogP contribution in [0.1, 0.15) is 33.6 Å². The molecular weight excluding hydrogens is 234 g/mol. The molecule has 0 N–H and O–H groups in total. The molecular formula is C13H27NO2S. The number of hydrogen-bond donors (Lipinski definition) is 0. The van der Waals surface area contributed by atoms with Gasteiger partial charge in [0.2, 0.25) is 0 Å². The van der Waals surface area contributed by atoms with Crippen molar-refractivity contribution in [1.82, 2.24) is 4.90 Å². The molecule has 1 aliphatic heterocycles. The van der Waals surface area contributed by atoms with E-state index >= 15 is 0 Å². The smallest absolute Gasteiger partial charge is 0.0534 e. The fraction of sp³-hybridized carbons (Fsp3) is 1.00. The summed E-state index contributed by atoms with van der Waals surface area (Å²) in [6, 6.07) is 0. The minimum atomic E-state index is -0.547. The largest absolute Gasteiger partial charge is 0.381 e. The summed E-state index contributed by atoms with van der Waals surface area (Å²) < 4.78 is 16.8. The first-order chi connectivity index (χ1) is 8.24. The van der Waals surface area contributed by atoms with Crippen molar-refractivity contribution in [2.75, 3.05) is 44.4 Å². The first-order valence-electron chi connectivity index (χ1n) is 6.89. The zero-order valence-electron chi connectivity index (χ0n) is 11.5. The third kappa shape index (κ3) is 5.06. The summed E-state index contributed by atoms with van der Waals surface area (Å²) in [5, 5.41) is 0. The summed E-state index contributed by atoms with van der Waals surface area (Å²) in [5.41, 5.74) is 0.453. The molecule has 1 heterocycles. The van der Waals surface area contributed by atoms with Crippen molar-refractivity contribution < 1.29 is 8.95 Å². The van der Waals surface area contributed by atoms with E-state index in [-0.39, 0.29) is 0 Å². The minimum absolute atomic E-state index is 0.453. The van der Waals surface area contributed by atoms with Gasteiger partial charge in [0.25, 0.3) is 0 Å². The molecule has 0 unspecified atom stereocenters. The van der Waals surface area contributed by atoms with E-state index < -0.39 is 10.8 Å². The third-order valence-electron chi connectivity index (χ3n) is 3.40. The van der Waals surface area contributed by atoms with E-state index in [0.29, 0.717) is 5.41 Å². The van der Waals surface area contributed by atoms with Gasteiger partial charge in [-0.1, -0.05) is 13.8 Å². The third-order valence-corrected chi connectivity index (χ3v) is 4.67. The molecule has 0 radical (unpaired) electrons. The van der Waals surface area contributed by atoms with Crippen LogP contribution < -0.4 is 0 Å². The van der Waals surface area contributed by atoms with Gasteiger partial charge in [-0.3, -0.25) is 4.21 Å². The normalized spacial score (nSPS) is 23.9. The zero-order valence-corrected chi connectivity index (χ0v) is 12.4. The molecule has 0 atom stereocenters. The van der Waals surface area contributed by atoms with Crippen molar-refractivity contribution in [3.8, 4) is 0 Å². The van der Waals surface area contributed by atoms with E-state index in [4.69, 9.17) is 4.74 Å². The Morgan fingerprint density at radius 2 is 1.82 bits per heavy atom. The van der Waals surface area contributed by atoms with E-state index in [2.05, 4.69) is 11.8 Å². The van der Waals surface area contributed by atoms with Crippen LogP contribution in [0, 0.1) is 5.41 Å². The van der Waals surface area contributed by atoms with Gasteiger partial charge in [-0.05, 0) is 19.8 Å². The van der Waals surface area contributed by atoms with E-state index in [1.807, 2.05) is 13.8 Å². The summed E-state index contributed by atoms with van der Waals surface area (Å²) in [5.74, 6) is 1.73. The topological polar surface area (TPSA) is 29.5 Å². The second-order valence-electron chi connectivity index (χ2n) is 4.76. The SMILES string of the molecule is CC.CCOCC1(CN2CCS(=O)CC2)CC1. The van der Waals surface area contributed by atoms with Crippen LogP contribution >= 0.6 is 0 Å². The standard InChI is InChI=1S/C11H21NO2S.C2H6/c1-2-14-10-11(3-4-11)9-12-5-7-15(13)8-6-12;1-2/h2-10H2,1H3;1-2H3. The van der Waals surface area contributed by atoms with Gasteiger partial charge >= 0.3 is 0 Å². The van der Waals surface area contributed by atoms with Gasteiger partial charge in [0.15, 0.2) is 0 Å². The zero-order chi connectivity index (χ0) is 12.7. The van der Waals surface area contributed by atoms with E-state index in [9.17, 15) is 4.21 Å². The molecule has 2 aliphatic rings. The van der Waals surface area contributed by atoms with Crippen molar-refractivity contribution in [3.63, 3.8) is 0 Å². The van der Waals surface area contributed by atoms with Crippen LogP contribution in [0.3, 0.4) is 0 Å². The maximum absolute atomic E-state index is 11.2. The Morgan fingerprint density at radius 3 is 2.29 bits per heavy atom. The maximum atomic E-state index is 11.2. The Balaban J connectivity index is 0.000000686. The van der Waals surface area contributed by atoms with E-state index in [1.165, 1.54) is 12.8 Å². The van der Waals surface area contributed by atoms with Gasteiger partial charge in [0, 0.05) is 54.0 Å². The highest BCUT2D eigenvalue weighted by Gasteiger charge is 2.44. The molecule has 1 saturated heterocycles. The lowest BCUT2D eigenvalue weighted by molar-refractivity contribution is 0.0803. The number of rotatable bonds is 5. The van der Waals surface area contributed by atoms with Crippen LogP contribution in [0.5, 0.6) is 0 Å². The quantitative estimate of drug-likeness (QED) is 0.757. The Bertz CT molecular complexity index is 232. The van der Waals surface area contributed by atoms with Crippen molar-refractivity contribution in [1.29, 1.82) is 0 Å². The Morgan fingerprint density at radius 1 is 1.24 bits per heavy atom. The molecule has 2 fully saturated rings. The van der Waals surface area contributed by atoms with Crippen LogP contribution in [0.2, 0.25) is 0 Å². The molecule has 17 heavy (non-hydrogen) atoms. The Labute approximate surface area is 108 Å². The fourth-order valence-corrected chi connectivity index (χ4v) is 3.28. The van der Waals surface area contributed by atoms with Crippen LogP contribution in [-0.2, 0) is 15.5 Å². The molecule has 4 heteroatoms. The molecule has 2 rings (SSSR count). The second kappa shape index (κ2) is 7.49. The van der Waals surface area contributed by atoms with Crippen molar-refractivity contribution >= 4 is 10.8 Å². The number of hydrogen-bond acceptors (Lipinski definition) is 3. The molecule has 0 aromatic rings. The van der Waals surface area contributed by atoms with Crippen molar-refractivity contribution in [2.24, 2.45) is 5.41 Å². The molecule has 102 valence electrons. The van der Waals surface area contributed by atoms with Gasteiger partial charge in [-0.15, -0.1) is 0 Å². The van der Waals surface area contributed by atoms with Crippen LogP contribution in [0.4, 0.5) is 0 Å². The van der Waals surface area contributed by atoms with E-state index in [1.54, 1.807) is 0 Å². The first kappa shape index (κ1) is 15.1. The molecule has 0 aromatic carbocycles. The second-order valence-corrected chi connectivity index (χ2v) is 6.46. The van der Waals surface area contributed by atoms with Crippen molar-refractivity contribution in [2.45, 2.75) is 33.6 Å². The highest BCUT2D eigenvalue weighted by molar-refractivity contribution is 7.85. The van der Waals surface area contributed by atoms with Gasteiger partial charge in [-0.25, -0.2) is 0 Å². The molecule has 0 bridgehead atoms. The van der Waals surface area contributed by atoms with Crippen LogP contribution in [0.25, 0.3) is 0 Å². The van der Waals surface area contributed by atoms with Gasteiger partial charge in [0.1, 0.15) is 0 Å². The Kier molecular flexibility index (Phi) is 6.67. The van der Waals surface area contributed by atoms with E-state index in [0.717, 1.165) is 44.4 Å². The lowest BCUT2D eigenvalue weighted by atomic mass is 10.1. The molecule has 0 aromatic heterocycles. The Hall–Kier alpha value is 0.0700. The molecule has 1 saturated carbocycles. The predicted octanol–water partition coefficient (Wildman–Crippen LogP) is 1.89. The number of ether oxygens (including phenoxy) is 1. The lowest BCUT2D eigenvalue weighted by Crippen LogP contribution is -2.41. The molecule has 3 nitrogen and oxygen atoms in total. The van der Waals surface area contributed by atoms with Gasteiger partial charge in [-0.2, -0.15) is 0 Å². The monoisotopic (exact) mass is 261 g/mol. The first-order valence-corrected chi connectivity index (χ1v) is 8.38. The molecule has 0 amide bonds. The summed E-state index contributed by atoms with van der Waals surface area (Å²) in [6.45, 7) is 11.0. The molecule has 1 aliphatic carbocycles. The summed E-state index contributed by atoms with van der Waals surface area (Å²) in [7, 11) is -0.547. The van der Waals surface area contributed by atoms with Gasteiger partial charge < -0.3 is 9.64 Å². The average molecular weight is 261 g/mol. The lowest BCUT2D eigenvalue weighted by Gasteiger charge is -2.30. The highest BCUT2D eigenvalue weighted by atomic mass is 32.2. The average Bonchev–Trinajstić information content (AvgIpc) is 3.13. The highest BCUT2D eigenvalue weighted by Crippen LogP contribution is 2.46. The van der Waals surface area contributed by atoms with Crippen molar-refractivity contribution in [3.05, 3.63) is 0 Å². The van der Waals surface area contributed by atoms with Crippen LogP contribution in [0.15, 0.2) is 0 Å². The fourth-order valence-electron chi connectivity index (χ4n) is 2.15. The van der Waals surface area contributed by atoms with Crippen LogP contribution in [-0.4, -0.2) is 53.5 Å². The summed E-state index contributed by atoms with van der Waals surface area (Å²) in [6.07, 6.45) is 2.62. The predicted molar refractivity (Wildman–Crippen MR) is 73.8 cm³/mol. The summed E-state index contributed by atoms with van der Waals surface area (Å²) in [4.78, 5) is 2.47. The van der Waals surface area contributed by atoms with Gasteiger partial charge in [0.05, 0.1) is 6.61 Å². The minimum Gasteiger partial charge on any atom is -0.381 e. The number of nitrogens with zero attached hydrogens (tertiary/aromatic N) is 1. The summed E-state index contributed by atoms with van der Waals surface area (Å²) >= 11 is 0.